The molecule has 0 aromatic heterocycles. The quantitative estimate of drug-likeness (QED) is 0.309. The molecule has 1 saturated heterocycles. The number of thiocarbonyl (C=S) groups is 1. The highest BCUT2D eigenvalue weighted by atomic mass is 32.2. The summed E-state index contributed by atoms with van der Waals surface area (Å²) in [5.74, 6) is 0. The normalized spacial score (nSPS) is 19.1. The Hall–Kier alpha value is 0.160. The lowest BCUT2D eigenvalue weighted by Gasteiger charge is -2.20. The monoisotopic (exact) mass is 179 g/mol. The van der Waals surface area contributed by atoms with E-state index in [0.29, 0.717) is 0 Å². The molecular weight excluding hydrogens is 168 g/mol. The topological polar surface area (TPSA) is 42.2 Å². The first-order valence-electron chi connectivity index (χ1n) is 3.13. The Kier molecular flexibility index (Phi) is 3.41. The lowest BCUT2D eigenvalue weighted by molar-refractivity contribution is -0.134. The van der Waals surface area contributed by atoms with Crippen LogP contribution in [0.15, 0.2) is 0 Å². The van der Waals surface area contributed by atoms with E-state index in [0.717, 1.165) is 30.6 Å². The smallest absolute Gasteiger partial charge is 0.237 e. The molecule has 0 unspecified atom stereocenters. The minimum Gasteiger partial charge on any atom is -0.337 e. The third kappa shape index (κ3) is 2.09. The van der Waals surface area contributed by atoms with Gasteiger partial charge in [0.05, 0.1) is 13.1 Å². The van der Waals surface area contributed by atoms with Crippen LogP contribution in [0, 0.1) is 0 Å². The van der Waals surface area contributed by atoms with Crippen LogP contribution in [-0.4, -0.2) is 35.5 Å². The van der Waals surface area contributed by atoms with E-state index >= 15 is 0 Å². The molecule has 0 saturated carbocycles. The number of hydrogen-bond donors (Lipinski definition) is 1. The Morgan fingerprint density at radius 3 is 2.60 bits per heavy atom. The van der Waals surface area contributed by atoms with Gasteiger partial charge in [-0.2, -0.15) is 0 Å². The summed E-state index contributed by atoms with van der Waals surface area (Å²) in [6.07, 6.45) is 0. The number of morpholine rings is 1. The molecule has 0 aliphatic carbocycles. The fourth-order valence-corrected chi connectivity index (χ4v) is 1.38. The second-order valence-electron chi connectivity index (χ2n) is 2.01. The molecule has 1 rings (SSSR count). The van der Waals surface area contributed by atoms with Crippen LogP contribution in [0.1, 0.15) is 0 Å². The standard InChI is InChI=1S/C5H10N2OS2/c6-10-5(9)7-1-3-8-4-2-7/h1-4,6H2/q+1/p+1. The van der Waals surface area contributed by atoms with Gasteiger partial charge in [-0.1, -0.05) is 0 Å². The molecule has 3 nitrogen and oxygen atoms in total. The summed E-state index contributed by atoms with van der Waals surface area (Å²) in [5, 5.41) is 3.65. The largest absolute Gasteiger partial charge is 0.337 e. The van der Waals surface area contributed by atoms with E-state index in [1.54, 1.807) is 0 Å². The van der Waals surface area contributed by atoms with Crippen molar-refractivity contribution < 1.29 is 9.88 Å². The maximum atomic E-state index is 5.16. The van der Waals surface area contributed by atoms with Gasteiger partial charge in [-0.25, -0.2) is 0 Å². The van der Waals surface area contributed by atoms with Crippen molar-refractivity contribution in [3.63, 3.8) is 0 Å². The van der Waals surface area contributed by atoms with Crippen LogP contribution in [-0.2, 0) is 4.74 Å². The highest BCUT2D eigenvalue weighted by molar-refractivity contribution is 8.18. The zero-order valence-electron chi connectivity index (χ0n) is 5.71. The molecule has 0 aromatic rings. The molecule has 5 heteroatoms. The molecule has 1 radical (unpaired) electrons. The summed E-state index contributed by atoms with van der Waals surface area (Å²) in [4.78, 5) is 2.12. The van der Waals surface area contributed by atoms with E-state index in [2.05, 4.69) is 10.0 Å². The number of nitrogens with zero attached hydrogens (tertiary/aromatic N) is 1. The fraction of sp³-hybridized carbons (Fsp3) is 0.800. The highest BCUT2D eigenvalue weighted by Crippen LogP contribution is 2.03. The number of quaternary nitrogens is 1. The van der Waals surface area contributed by atoms with Gasteiger partial charge in [-0.05, 0) is 12.2 Å². The lowest BCUT2D eigenvalue weighted by atomic mass is 10.5. The molecule has 1 aliphatic rings. The van der Waals surface area contributed by atoms with E-state index in [1.807, 2.05) is 0 Å². The highest BCUT2D eigenvalue weighted by Gasteiger charge is 2.20. The van der Waals surface area contributed by atoms with Gasteiger partial charge in [0.25, 0.3) is 0 Å². The van der Waals surface area contributed by atoms with Crippen molar-refractivity contribution >= 4 is 28.5 Å². The summed E-state index contributed by atoms with van der Waals surface area (Å²) >= 11 is 6.43. The van der Waals surface area contributed by atoms with Crippen LogP contribution in [0.25, 0.3) is 0 Å². The number of hydrogen-bond acceptors (Lipinski definition) is 3. The maximum absolute atomic E-state index is 5.16. The van der Waals surface area contributed by atoms with Crippen LogP contribution in [0.3, 0.4) is 0 Å². The Labute approximate surface area is 70.0 Å². The van der Waals surface area contributed by atoms with Gasteiger partial charge in [-0.15, -0.1) is 4.74 Å². The molecule has 0 amide bonds. The van der Waals surface area contributed by atoms with Crippen LogP contribution < -0.4 is 5.14 Å². The molecule has 0 bridgehead atoms. The molecule has 1 aliphatic heterocycles. The molecule has 0 atom stereocenters. The third-order valence-corrected chi connectivity index (χ3v) is 2.51. The molecule has 10 heavy (non-hydrogen) atoms. The lowest BCUT2D eigenvalue weighted by Crippen LogP contribution is -2.46. The molecular formula is C5H11N2OS2+2. The van der Waals surface area contributed by atoms with E-state index in [4.69, 9.17) is 17.0 Å². The summed E-state index contributed by atoms with van der Waals surface area (Å²) in [6.45, 7) is 3.42. The first-order valence-corrected chi connectivity index (χ1v) is 4.52. The maximum Gasteiger partial charge on any atom is 0.237 e. The minimum atomic E-state index is 0.792. The van der Waals surface area contributed by atoms with Crippen molar-refractivity contribution in [2.75, 3.05) is 26.3 Å². The molecule has 0 spiro atoms. The van der Waals surface area contributed by atoms with Gasteiger partial charge in [0, 0.05) is 0 Å². The average Bonchev–Trinajstić information content (AvgIpc) is 2.05. The first-order chi connectivity index (χ1) is 4.84. The van der Waals surface area contributed by atoms with Crippen LogP contribution in [0.4, 0.5) is 0 Å². The Morgan fingerprint density at radius 2 is 2.10 bits per heavy atom. The summed E-state index contributed by atoms with van der Waals surface area (Å²) < 4.78 is 6.04. The molecule has 0 aromatic carbocycles. The first kappa shape index (κ1) is 8.26. The van der Waals surface area contributed by atoms with Gasteiger partial charge in [-0.3, -0.25) is 5.14 Å². The molecule has 57 valence electrons. The van der Waals surface area contributed by atoms with Crippen molar-refractivity contribution in [1.82, 2.24) is 4.90 Å². The minimum absolute atomic E-state index is 0.792. The SMILES string of the molecule is [NH3+]SC(=S)N1CC[O+]CC1. The van der Waals surface area contributed by atoms with Gasteiger partial charge >= 0.3 is 0 Å². The Bertz CT molecular complexity index is 125. The van der Waals surface area contributed by atoms with E-state index in [9.17, 15) is 0 Å². The van der Waals surface area contributed by atoms with E-state index in [1.165, 1.54) is 11.9 Å². The van der Waals surface area contributed by atoms with Crippen molar-refractivity contribution in [3.05, 3.63) is 0 Å². The molecule has 3 N–H and O–H groups in total. The zero-order chi connectivity index (χ0) is 7.40. The molecule has 1 fully saturated rings. The van der Waals surface area contributed by atoms with Gasteiger partial charge in [0.2, 0.25) is 13.2 Å². The fourth-order valence-electron chi connectivity index (χ4n) is 0.837. The van der Waals surface area contributed by atoms with E-state index < -0.39 is 0 Å². The van der Waals surface area contributed by atoms with Gasteiger partial charge in [0.15, 0.2) is 4.32 Å². The predicted molar refractivity (Wildman–Crippen MR) is 45.5 cm³/mol. The predicted octanol–water partition coefficient (Wildman–Crippen LogP) is -0.506. The summed E-state index contributed by atoms with van der Waals surface area (Å²) in [5.41, 5.74) is 0. The van der Waals surface area contributed by atoms with Gasteiger partial charge < -0.3 is 4.90 Å². The number of rotatable bonds is 0. The number of ether oxygens (including phenoxy) is 1. The average molecular weight is 179 g/mol. The summed E-state index contributed by atoms with van der Waals surface area (Å²) in [6, 6.07) is 0. The second-order valence-corrected chi connectivity index (χ2v) is 3.33. The van der Waals surface area contributed by atoms with Crippen molar-refractivity contribution in [2.24, 2.45) is 0 Å². The van der Waals surface area contributed by atoms with Crippen LogP contribution in [0.5, 0.6) is 0 Å². The third-order valence-electron chi connectivity index (χ3n) is 1.39. The van der Waals surface area contributed by atoms with E-state index in [-0.39, 0.29) is 0 Å². The Balaban J connectivity index is 2.31. The van der Waals surface area contributed by atoms with Crippen molar-refractivity contribution in [2.45, 2.75) is 0 Å². The Morgan fingerprint density at radius 1 is 1.50 bits per heavy atom. The zero-order valence-corrected chi connectivity index (χ0v) is 7.34. The van der Waals surface area contributed by atoms with Crippen LogP contribution >= 0.6 is 24.2 Å². The van der Waals surface area contributed by atoms with Crippen molar-refractivity contribution in [1.29, 1.82) is 0 Å². The van der Waals surface area contributed by atoms with Crippen molar-refractivity contribution in [3.8, 4) is 0 Å². The second kappa shape index (κ2) is 4.12. The molecule has 1 heterocycles. The van der Waals surface area contributed by atoms with Gasteiger partial charge in [0.1, 0.15) is 11.9 Å². The van der Waals surface area contributed by atoms with Crippen LogP contribution in [0.2, 0.25) is 0 Å². The summed E-state index contributed by atoms with van der Waals surface area (Å²) in [7, 11) is 0.